The normalized spacial score (nSPS) is 17.5. The summed E-state index contributed by atoms with van der Waals surface area (Å²) in [6.45, 7) is 0.835. The number of hydrogen-bond donors (Lipinski definition) is 1. The first kappa shape index (κ1) is 21.1. The zero-order valence-electron chi connectivity index (χ0n) is 16.6. The summed E-state index contributed by atoms with van der Waals surface area (Å²) in [5.74, 6) is 0.678. The Balaban J connectivity index is 1.68. The number of nitrogens with zero attached hydrogens (tertiary/aromatic N) is 1. The van der Waals surface area contributed by atoms with Gasteiger partial charge in [0.1, 0.15) is 11.5 Å². The fraction of sp³-hybridized carbons (Fsp3) is 0.381. The molecule has 1 N–H and O–H groups in total. The molecule has 156 valence electrons. The molecule has 0 aliphatic carbocycles. The standard InChI is InChI=1S/C21H26N2O5S/c1-27-19-11-6-12-20(28-2)18(19)14-22-21(24)16-8-7-13-23(15-16)29(25,26)17-9-4-3-5-10-17/h3-6,9-12,16H,7-8,13-15H2,1-2H3,(H,22,24)/t16-/m1/s1. The smallest absolute Gasteiger partial charge is 0.243 e. The topological polar surface area (TPSA) is 84.9 Å². The van der Waals surface area contributed by atoms with Crippen LogP contribution in [0, 0.1) is 5.92 Å². The number of ether oxygens (including phenoxy) is 2. The van der Waals surface area contributed by atoms with Gasteiger partial charge in [-0.2, -0.15) is 4.31 Å². The van der Waals surface area contributed by atoms with Gasteiger partial charge in [0.05, 0.1) is 37.1 Å². The highest BCUT2D eigenvalue weighted by molar-refractivity contribution is 7.89. The molecule has 0 spiro atoms. The molecule has 2 aromatic rings. The Morgan fingerprint density at radius 3 is 2.34 bits per heavy atom. The van der Waals surface area contributed by atoms with Crippen LogP contribution in [0.5, 0.6) is 11.5 Å². The Kier molecular flexibility index (Phi) is 6.76. The van der Waals surface area contributed by atoms with Crippen molar-refractivity contribution < 1.29 is 22.7 Å². The molecule has 1 aliphatic rings. The molecule has 1 atom stereocenters. The quantitative estimate of drug-likeness (QED) is 0.747. The molecular weight excluding hydrogens is 392 g/mol. The first-order valence-corrected chi connectivity index (χ1v) is 10.9. The predicted octanol–water partition coefficient (Wildman–Crippen LogP) is 2.42. The van der Waals surface area contributed by atoms with Gasteiger partial charge in [-0.1, -0.05) is 24.3 Å². The van der Waals surface area contributed by atoms with Gasteiger partial charge in [-0.3, -0.25) is 4.79 Å². The second kappa shape index (κ2) is 9.28. The van der Waals surface area contributed by atoms with Crippen LogP contribution in [0.25, 0.3) is 0 Å². The lowest BCUT2D eigenvalue weighted by Crippen LogP contribution is -2.45. The van der Waals surface area contributed by atoms with Crippen molar-refractivity contribution in [3.63, 3.8) is 0 Å². The minimum atomic E-state index is -3.60. The molecule has 3 rings (SSSR count). The van der Waals surface area contributed by atoms with E-state index < -0.39 is 15.9 Å². The van der Waals surface area contributed by atoms with Crippen LogP contribution in [-0.4, -0.2) is 45.9 Å². The van der Waals surface area contributed by atoms with Gasteiger partial charge in [0, 0.05) is 13.1 Å². The third kappa shape index (κ3) is 4.71. The molecule has 1 saturated heterocycles. The van der Waals surface area contributed by atoms with Crippen LogP contribution in [-0.2, 0) is 21.4 Å². The molecule has 1 heterocycles. The lowest BCUT2D eigenvalue weighted by molar-refractivity contribution is -0.126. The summed E-state index contributed by atoms with van der Waals surface area (Å²) >= 11 is 0. The first-order valence-electron chi connectivity index (χ1n) is 9.50. The van der Waals surface area contributed by atoms with E-state index in [1.807, 2.05) is 6.07 Å². The van der Waals surface area contributed by atoms with E-state index in [1.165, 1.54) is 4.31 Å². The molecular formula is C21H26N2O5S. The zero-order chi connectivity index (χ0) is 20.9. The monoisotopic (exact) mass is 418 g/mol. The Morgan fingerprint density at radius 2 is 1.72 bits per heavy atom. The molecule has 0 bridgehead atoms. The summed E-state index contributed by atoms with van der Waals surface area (Å²) in [6, 6.07) is 13.7. The summed E-state index contributed by atoms with van der Waals surface area (Å²) in [4.78, 5) is 13.0. The number of amides is 1. The van der Waals surface area contributed by atoms with E-state index in [0.29, 0.717) is 30.9 Å². The number of benzene rings is 2. The van der Waals surface area contributed by atoms with E-state index >= 15 is 0 Å². The van der Waals surface area contributed by atoms with Crippen molar-refractivity contribution >= 4 is 15.9 Å². The first-order chi connectivity index (χ1) is 14.0. The van der Waals surface area contributed by atoms with E-state index in [4.69, 9.17) is 9.47 Å². The van der Waals surface area contributed by atoms with Crippen LogP contribution in [0.2, 0.25) is 0 Å². The molecule has 1 amide bonds. The lowest BCUT2D eigenvalue weighted by Gasteiger charge is -2.31. The lowest BCUT2D eigenvalue weighted by atomic mass is 9.98. The van der Waals surface area contributed by atoms with Crippen LogP contribution in [0.1, 0.15) is 18.4 Å². The number of carbonyl (C=O) groups excluding carboxylic acids is 1. The van der Waals surface area contributed by atoms with Crippen LogP contribution in [0.15, 0.2) is 53.4 Å². The van der Waals surface area contributed by atoms with Crippen LogP contribution < -0.4 is 14.8 Å². The van der Waals surface area contributed by atoms with Crippen molar-refractivity contribution in [3.05, 3.63) is 54.1 Å². The van der Waals surface area contributed by atoms with Gasteiger partial charge in [-0.05, 0) is 37.1 Å². The Morgan fingerprint density at radius 1 is 1.07 bits per heavy atom. The molecule has 0 radical (unpaired) electrons. The maximum absolute atomic E-state index is 12.9. The zero-order valence-corrected chi connectivity index (χ0v) is 17.4. The number of nitrogens with one attached hydrogen (secondary N) is 1. The largest absolute Gasteiger partial charge is 0.496 e. The highest BCUT2D eigenvalue weighted by Gasteiger charge is 2.33. The number of hydrogen-bond acceptors (Lipinski definition) is 5. The van der Waals surface area contributed by atoms with Crippen molar-refractivity contribution in [1.29, 1.82) is 0 Å². The van der Waals surface area contributed by atoms with Gasteiger partial charge in [-0.15, -0.1) is 0 Å². The van der Waals surface area contributed by atoms with Crippen LogP contribution >= 0.6 is 0 Å². The fourth-order valence-corrected chi connectivity index (χ4v) is 5.08. The summed E-state index contributed by atoms with van der Waals surface area (Å²) in [5.41, 5.74) is 0.746. The molecule has 0 unspecified atom stereocenters. The highest BCUT2D eigenvalue weighted by Crippen LogP contribution is 2.28. The van der Waals surface area contributed by atoms with E-state index in [-0.39, 0.29) is 23.9 Å². The third-order valence-electron chi connectivity index (χ3n) is 5.11. The van der Waals surface area contributed by atoms with Crippen molar-refractivity contribution in [2.45, 2.75) is 24.3 Å². The second-order valence-electron chi connectivity index (χ2n) is 6.87. The summed E-state index contributed by atoms with van der Waals surface area (Å²) in [5, 5.41) is 2.91. The molecule has 0 saturated carbocycles. The number of carbonyl (C=O) groups is 1. The average Bonchev–Trinajstić information content (AvgIpc) is 2.77. The van der Waals surface area contributed by atoms with Gasteiger partial charge in [0.2, 0.25) is 15.9 Å². The molecule has 29 heavy (non-hydrogen) atoms. The van der Waals surface area contributed by atoms with Crippen LogP contribution in [0.4, 0.5) is 0 Å². The average molecular weight is 419 g/mol. The second-order valence-corrected chi connectivity index (χ2v) is 8.81. The number of piperidine rings is 1. The van der Waals surface area contributed by atoms with E-state index in [2.05, 4.69) is 5.32 Å². The maximum Gasteiger partial charge on any atom is 0.243 e. The fourth-order valence-electron chi connectivity index (χ4n) is 3.54. The summed E-state index contributed by atoms with van der Waals surface area (Å²) < 4.78 is 37.8. The van der Waals surface area contributed by atoms with E-state index in [1.54, 1.807) is 56.7 Å². The number of sulfonamides is 1. The van der Waals surface area contributed by atoms with Crippen molar-refractivity contribution in [1.82, 2.24) is 9.62 Å². The van der Waals surface area contributed by atoms with Crippen LogP contribution in [0.3, 0.4) is 0 Å². The Labute approximate surface area is 171 Å². The van der Waals surface area contributed by atoms with Gasteiger partial charge < -0.3 is 14.8 Å². The number of methoxy groups -OCH3 is 2. The maximum atomic E-state index is 12.9. The van der Waals surface area contributed by atoms with Crippen molar-refractivity contribution in [2.24, 2.45) is 5.92 Å². The predicted molar refractivity (Wildman–Crippen MR) is 109 cm³/mol. The van der Waals surface area contributed by atoms with E-state index in [0.717, 1.165) is 5.56 Å². The molecule has 8 heteroatoms. The Bertz CT molecular complexity index is 925. The summed E-state index contributed by atoms with van der Waals surface area (Å²) in [7, 11) is -0.477. The Hall–Kier alpha value is -2.58. The third-order valence-corrected chi connectivity index (χ3v) is 6.98. The molecule has 2 aromatic carbocycles. The molecule has 0 aromatic heterocycles. The molecule has 7 nitrogen and oxygen atoms in total. The minimum Gasteiger partial charge on any atom is -0.496 e. The molecule has 1 aliphatic heterocycles. The van der Waals surface area contributed by atoms with E-state index in [9.17, 15) is 13.2 Å². The van der Waals surface area contributed by atoms with Crippen molar-refractivity contribution in [2.75, 3.05) is 27.3 Å². The van der Waals surface area contributed by atoms with Gasteiger partial charge >= 0.3 is 0 Å². The SMILES string of the molecule is COc1cccc(OC)c1CNC(=O)[C@@H]1CCCN(S(=O)(=O)c2ccccc2)C1. The van der Waals surface area contributed by atoms with Gasteiger partial charge in [0.15, 0.2) is 0 Å². The van der Waals surface area contributed by atoms with Crippen molar-refractivity contribution in [3.8, 4) is 11.5 Å². The van der Waals surface area contributed by atoms with Gasteiger partial charge in [0.25, 0.3) is 0 Å². The number of rotatable bonds is 7. The summed E-state index contributed by atoms with van der Waals surface area (Å²) in [6.07, 6.45) is 1.29. The highest BCUT2D eigenvalue weighted by atomic mass is 32.2. The molecule has 1 fully saturated rings. The minimum absolute atomic E-state index is 0.173. The van der Waals surface area contributed by atoms with Gasteiger partial charge in [-0.25, -0.2) is 8.42 Å².